The number of hydrogen-bond acceptors (Lipinski definition) is 6. The van der Waals surface area contributed by atoms with Crippen molar-refractivity contribution >= 4 is 35.1 Å². The number of unbranched alkanes of at least 4 members (excludes halogenated alkanes) is 4. The van der Waals surface area contributed by atoms with Gasteiger partial charge in [0.05, 0.1) is 37.1 Å². The van der Waals surface area contributed by atoms with Crippen LogP contribution in [0.15, 0.2) is 70.6 Å². The number of anilines is 2. The van der Waals surface area contributed by atoms with E-state index in [1.54, 1.807) is 0 Å². The molecule has 2 bridgehead atoms. The molecule has 0 aromatic heterocycles. The van der Waals surface area contributed by atoms with Crippen molar-refractivity contribution < 1.29 is 19.1 Å². The number of para-hydroxylation sites is 2. The normalized spacial score (nSPS) is 26.5. The van der Waals surface area contributed by atoms with E-state index in [9.17, 15) is 9.59 Å². The molecule has 2 aliphatic carbocycles. The molecule has 2 amide bonds. The summed E-state index contributed by atoms with van der Waals surface area (Å²) in [6.07, 6.45) is 6.73. The van der Waals surface area contributed by atoms with Crippen LogP contribution in [-0.4, -0.2) is 68.4 Å². The van der Waals surface area contributed by atoms with Gasteiger partial charge < -0.3 is 42.2 Å². The molecule has 5 rings (SSSR count). The molecule has 2 aromatic rings. The van der Waals surface area contributed by atoms with Crippen molar-refractivity contribution in [2.45, 2.75) is 70.4 Å². The van der Waals surface area contributed by atoms with Crippen LogP contribution in [0.5, 0.6) is 0 Å². The predicted octanol–water partition coefficient (Wildman–Crippen LogP) is 3.43. The summed E-state index contributed by atoms with van der Waals surface area (Å²) in [7, 11) is 0. The Balaban J connectivity index is 1.17. The largest absolute Gasteiger partial charge is 0.370 e. The van der Waals surface area contributed by atoms with Gasteiger partial charge in [0.2, 0.25) is 11.8 Å². The van der Waals surface area contributed by atoms with Crippen LogP contribution in [0.3, 0.4) is 0 Å². The minimum atomic E-state index is -0.523. The first kappa shape index (κ1) is 34.2. The number of guanidine groups is 2. The Labute approximate surface area is 277 Å². The Morgan fingerprint density at radius 3 is 1.66 bits per heavy atom. The zero-order chi connectivity index (χ0) is 33.0. The first-order valence-corrected chi connectivity index (χ1v) is 17.0. The second-order valence-electron chi connectivity index (χ2n) is 12.5. The first-order valence-electron chi connectivity index (χ1n) is 17.0. The summed E-state index contributed by atoms with van der Waals surface area (Å²) >= 11 is 0. The fraction of sp³-hybridized carbons (Fsp3) is 0.543. The predicted molar refractivity (Wildman–Crippen MR) is 185 cm³/mol. The van der Waals surface area contributed by atoms with E-state index in [1.807, 2.05) is 60.7 Å². The van der Waals surface area contributed by atoms with Crippen LogP contribution >= 0.6 is 0 Å². The topological polar surface area (TPSA) is 177 Å². The van der Waals surface area contributed by atoms with Gasteiger partial charge in [-0.1, -0.05) is 69.0 Å². The van der Waals surface area contributed by atoms with Gasteiger partial charge in [-0.3, -0.25) is 19.6 Å². The Morgan fingerprint density at radius 2 is 1.19 bits per heavy atom. The van der Waals surface area contributed by atoms with Crippen molar-refractivity contribution in [1.82, 2.24) is 10.6 Å². The maximum atomic E-state index is 13.7. The van der Waals surface area contributed by atoms with Crippen molar-refractivity contribution in [3.05, 3.63) is 60.7 Å². The standard InChI is InChI=1S/C35H50N8O4/c1-2-3-4-5-12-17-27-46-30-25-22-26(31(30)47-27)29(33(45)39-19-21-41-35(37)43-24-15-10-7-11-16-24)28(25)32(44)38-18-20-40-34(36)42-23-13-8-6-9-14-23/h6-11,13-16,25-31H,2-5,12,17-22H2,1H3,(H,38,44)(H,39,45)(H3,36,40,42)(H3,37,41,43)/t25-,26+,27?,28-,29-,30-,31+/m1/s1. The summed E-state index contributed by atoms with van der Waals surface area (Å²) < 4.78 is 12.8. The smallest absolute Gasteiger partial charge is 0.224 e. The molecule has 3 aliphatic rings. The Bertz CT molecular complexity index is 1260. The van der Waals surface area contributed by atoms with Crippen LogP contribution in [0, 0.1) is 23.7 Å². The quantitative estimate of drug-likeness (QED) is 0.0913. The van der Waals surface area contributed by atoms with Crippen LogP contribution in [0.25, 0.3) is 0 Å². The Morgan fingerprint density at radius 1 is 0.723 bits per heavy atom. The lowest BCUT2D eigenvalue weighted by atomic mass is 9.75. The fourth-order valence-corrected chi connectivity index (χ4v) is 7.17. The van der Waals surface area contributed by atoms with Gasteiger partial charge in [0.15, 0.2) is 18.2 Å². The Hall–Kier alpha value is -4.16. The lowest BCUT2D eigenvalue weighted by Crippen LogP contribution is -2.52. The van der Waals surface area contributed by atoms with Gasteiger partial charge in [-0.2, -0.15) is 0 Å². The molecule has 7 atom stereocenters. The number of nitrogens with zero attached hydrogens (tertiary/aromatic N) is 2. The number of amides is 2. The number of hydrogen-bond donors (Lipinski definition) is 6. The van der Waals surface area contributed by atoms with Crippen molar-refractivity contribution in [3.8, 4) is 0 Å². The summed E-state index contributed by atoms with van der Waals surface area (Å²) in [5, 5.41) is 12.1. The number of carbonyl (C=O) groups is 2. The van der Waals surface area contributed by atoms with E-state index in [1.165, 1.54) is 19.3 Å². The molecule has 2 aromatic carbocycles. The van der Waals surface area contributed by atoms with Gasteiger partial charge in [0, 0.05) is 36.3 Å². The number of benzene rings is 2. The van der Waals surface area contributed by atoms with Crippen LogP contribution in [0.1, 0.15) is 51.9 Å². The molecule has 1 aliphatic heterocycles. The molecule has 8 N–H and O–H groups in total. The molecular formula is C35H50N8O4. The third kappa shape index (κ3) is 9.23. The molecule has 12 heteroatoms. The third-order valence-corrected chi connectivity index (χ3v) is 9.27. The zero-order valence-electron chi connectivity index (χ0n) is 27.3. The monoisotopic (exact) mass is 646 g/mol. The highest BCUT2D eigenvalue weighted by atomic mass is 16.7. The molecule has 47 heavy (non-hydrogen) atoms. The van der Waals surface area contributed by atoms with Crippen LogP contribution in [0.4, 0.5) is 11.4 Å². The van der Waals surface area contributed by atoms with Crippen molar-refractivity contribution in [2.75, 3.05) is 36.8 Å². The number of carbonyl (C=O) groups excluding carboxylic acids is 2. The third-order valence-electron chi connectivity index (χ3n) is 9.27. The molecule has 0 spiro atoms. The number of fused-ring (bicyclic) bond motifs is 5. The molecule has 12 nitrogen and oxygen atoms in total. The average molecular weight is 647 g/mol. The second-order valence-corrected chi connectivity index (χ2v) is 12.5. The van der Waals surface area contributed by atoms with Gasteiger partial charge in [-0.05, 0) is 43.5 Å². The summed E-state index contributed by atoms with van der Waals surface area (Å²) in [6, 6.07) is 19.0. The highest BCUT2D eigenvalue weighted by molar-refractivity contribution is 5.93. The number of aliphatic imine (C=N–C) groups is 2. The lowest BCUT2D eigenvalue weighted by Gasteiger charge is -2.34. The molecule has 1 saturated heterocycles. The van der Waals surface area contributed by atoms with E-state index in [2.05, 4.69) is 38.2 Å². The molecule has 2 saturated carbocycles. The maximum Gasteiger partial charge on any atom is 0.224 e. The molecule has 3 fully saturated rings. The van der Waals surface area contributed by atoms with Crippen LogP contribution in [0.2, 0.25) is 0 Å². The van der Waals surface area contributed by atoms with Crippen molar-refractivity contribution in [2.24, 2.45) is 45.1 Å². The lowest BCUT2D eigenvalue weighted by molar-refractivity contribution is -0.140. The van der Waals surface area contributed by atoms with Gasteiger partial charge in [-0.15, -0.1) is 0 Å². The Kier molecular flexibility index (Phi) is 12.5. The SMILES string of the molecule is CCCCCCCC1O[C@@H]2[C@@H]3C[C@H]([C@@H]2O1)[C@@H](C(=O)NCCN=C(N)Nc1ccccc1)[C@@H]3C(=O)NCCN=C(N)Nc1ccccc1. The minimum absolute atomic E-state index is 0.0945. The van der Waals surface area contributed by atoms with Gasteiger partial charge in [-0.25, -0.2) is 0 Å². The van der Waals surface area contributed by atoms with E-state index in [-0.39, 0.29) is 54.1 Å². The molecule has 1 unspecified atom stereocenters. The summed E-state index contributed by atoms with van der Waals surface area (Å²) in [6.45, 7) is 3.41. The number of nitrogens with two attached hydrogens (primary N) is 2. The van der Waals surface area contributed by atoms with E-state index in [0.29, 0.717) is 32.6 Å². The minimum Gasteiger partial charge on any atom is -0.370 e. The van der Waals surface area contributed by atoms with Crippen LogP contribution in [-0.2, 0) is 19.1 Å². The summed E-state index contributed by atoms with van der Waals surface area (Å²) in [5.41, 5.74) is 13.7. The van der Waals surface area contributed by atoms with Gasteiger partial charge in [0.25, 0.3) is 0 Å². The molecular weight excluding hydrogens is 596 g/mol. The molecule has 254 valence electrons. The maximum absolute atomic E-state index is 13.7. The van der Waals surface area contributed by atoms with Crippen LogP contribution < -0.4 is 32.7 Å². The highest BCUT2D eigenvalue weighted by Gasteiger charge is 2.66. The summed E-state index contributed by atoms with van der Waals surface area (Å²) in [4.78, 5) is 36.1. The second kappa shape index (κ2) is 17.1. The van der Waals surface area contributed by atoms with E-state index in [0.717, 1.165) is 30.6 Å². The number of rotatable bonds is 16. The highest BCUT2D eigenvalue weighted by Crippen LogP contribution is 2.57. The van der Waals surface area contributed by atoms with E-state index in [4.69, 9.17) is 20.9 Å². The first-order chi connectivity index (χ1) is 22.9. The van der Waals surface area contributed by atoms with Crippen molar-refractivity contribution in [1.29, 1.82) is 0 Å². The van der Waals surface area contributed by atoms with E-state index < -0.39 is 11.8 Å². The fourth-order valence-electron chi connectivity index (χ4n) is 7.17. The zero-order valence-corrected chi connectivity index (χ0v) is 27.3. The number of nitrogens with one attached hydrogen (secondary N) is 4. The molecule has 1 heterocycles. The van der Waals surface area contributed by atoms with E-state index >= 15 is 0 Å². The van der Waals surface area contributed by atoms with Gasteiger partial charge >= 0.3 is 0 Å². The number of ether oxygens (including phenoxy) is 2. The molecule has 0 radical (unpaired) electrons. The summed E-state index contributed by atoms with van der Waals surface area (Å²) in [5.74, 6) is -1.03. The van der Waals surface area contributed by atoms with Gasteiger partial charge in [0.1, 0.15) is 0 Å². The van der Waals surface area contributed by atoms with Crippen molar-refractivity contribution in [3.63, 3.8) is 0 Å². The average Bonchev–Trinajstić information content (AvgIpc) is 3.77.